The number of carbonyl (C=O) groups is 3. The van der Waals surface area contributed by atoms with Crippen molar-refractivity contribution in [3.63, 3.8) is 0 Å². The summed E-state index contributed by atoms with van der Waals surface area (Å²) in [4.78, 5) is 49.8. The Morgan fingerprint density at radius 2 is 1.89 bits per heavy atom. The Labute approximate surface area is 204 Å². The number of anilines is 1. The van der Waals surface area contributed by atoms with Crippen LogP contribution in [0.2, 0.25) is 0 Å². The molecule has 1 heterocycles. The topological polar surface area (TPSA) is 152 Å². The Hall–Kier alpha value is -3.41. The maximum Gasteiger partial charge on any atom is 0.407 e. The predicted octanol–water partition coefficient (Wildman–Crippen LogP) is 2.15. The second-order valence-electron chi connectivity index (χ2n) is 9.22. The fraction of sp³-hybridized carbons (Fsp3) is 0.609. The third-order valence-electron chi connectivity index (χ3n) is 5.23. The van der Waals surface area contributed by atoms with Crippen LogP contribution >= 0.6 is 0 Å². The van der Waals surface area contributed by atoms with E-state index in [2.05, 4.69) is 16.0 Å². The molecule has 1 unspecified atom stereocenters. The van der Waals surface area contributed by atoms with E-state index in [-0.39, 0.29) is 42.7 Å². The molecule has 12 nitrogen and oxygen atoms in total. The molecule has 194 valence electrons. The van der Waals surface area contributed by atoms with Crippen molar-refractivity contribution in [2.24, 2.45) is 5.92 Å². The number of alkyl carbamates (subject to hydrolysis) is 1. The number of piperidine rings is 1. The minimum atomic E-state index is -0.604. The van der Waals surface area contributed by atoms with Gasteiger partial charge in [0.1, 0.15) is 11.3 Å². The zero-order valence-corrected chi connectivity index (χ0v) is 20.7. The third-order valence-corrected chi connectivity index (χ3v) is 5.23. The van der Waals surface area contributed by atoms with Crippen LogP contribution in [0.5, 0.6) is 0 Å². The van der Waals surface area contributed by atoms with Gasteiger partial charge in [0.25, 0.3) is 11.6 Å². The Kier molecular flexibility index (Phi) is 10.2. The van der Waals surface area contributed by atoms with E-state index in [1.54, 1.807) is 25.7 Å². The number of hydrogen-bond donors (Lipinski definition) is 3. The molecule has 0 aromatic heterocycles. The lowest BCUT2D eigenvalue weighted by Gasteiger charge is -2.32. The first-order valence-electron chi connectivity index (χ1n) is 11.6. The molecule has 1 aliphatic heterocycles. The quantitative estimate of drug-likeness (QED) is 0.255. The van der Waals surface area contributed by atoms with E-state index in [0.717, 1.165) is 0 Å². The standard InChI is InChI=1S/C23H35N5O7/c1-23(2,3)35-22(31)26-10-9-25-20(29)17-6-5-12-27(15-17)21(30)16-7-8-18(24-11-13-34-4)19(14-16)28(32)33/h7-8,14,17,24H,5-6,9-13,15H2,1-4H3,(H,25,29)(H,26,31). The molecule has 3 N–H and O–H groups in total. The SMILES string of the molecule is COCCNc1ccc(C(=O)N2CCCC(C(=O)NCCNC(=O)OC(C)(C)C)C2)cc1[N+](=O)[O-]. The maximum atomic E-state index is 13.0. The average Bonchev–Trinajstić information content (AvgIpc) is 2.80. The van der Waals surface area contributed by atoms with E-state index >= 15 is 0 Å². The number of nitrogens with zero attached hydrogens (tertiary/aromatic N) is 2. The minimum absolute atomic E-state index is 0.191. The first-order valence-corrected chi connectivity index (χ1v) is 11.6. The molecule has 3 amide bonds. The molecule has 1 aliphatic rings. The van der Waals surface area contributed by atoms with E-state index in [9.17, 15) is 24.5 Å². The zero-order valence-electron chi connectivity index (χ0n) is 20.7. The number of methoxy groups -OCH3 is 1. The van der Waals surface area contributed by atoms with Crippen molar-refractivity contribution in [2.45, 2.75) is 39.2 Å². The molecule has 0 radical (unpaired) electrons. The Morgan fingerprint density at radius 1 is 1.17 bits per heavy atom. The van der Waals surface area contributed by atoms with Gasteiger partial charge in [-0.1, -0.05) is 0 Å². The molecule has 1 aromatic carbocycles. The van der Waals surface area contributed by atoms with Crippen molar-refractivity contribution < 1.29 is 28.8 Å². The number of rotatable bonds is 10. The average molecular weight is 494 g/mol. The van der Waals surface area contributed by atoms with Crippen molar-refractivity contribution in [2.75, 3.05) is 51.8 Å². The van der Waals surface area contributed by atoms with Crippen LogP contribution in [0.15, 0.2) is 18.2 Å². The summed E-state index contributed by atoms with van der Waals surface area (Å²) in [5.74, 6) is -0.975. The van der Waals surface area contributed by atoms with E-state index in [1.807, 2.05) is 0 Å². The highest BCUT2D eigenvalue weighted by atomic mass is 16.6. The van der Waals surface area contributed by atoms with Gasteiger partial charge >= 0.3 is 6.09 Å². The van der Waals surface area contributed by atoms with Crippen molar-refractivity contribution in [3.05, 3.63) is 33.9 Å². The molecule has 1 atom stereocenters. The van der Waals surface area contributed by atoms with Crippen LogP contribution in [0.1, 0.15) is 44.0 Å². The number of hydrogen-bond acceptors (Lipinski definition) is 8. The monoisotopic (exact) mass is 493 g/mol. The molecule has 0 spiro atoms. The first kappa shape index (κ1) is 27.8. The number of carbonyl (C=O) groups excluding carboxylic acids is 3. The highest BCUT2D eigenvalue weighted by Gasteiger charge is 2.30. The molecular weight excluding hydrogens is 458 g/mol. The minimum Gasteiger partial charge on any atom is -0.444 e. The number of likely N-dealkylation sites (tertiary alicyclic amines) is 1. The van der Waals surface area contributed by atoms with Crippen LogP contribution in [0.25, 0.3) is 0 Å². The molecule has 1 aromatic rings. The van der Waals surface area contributed by atoms with Gasteiger partial charge in [0.15, 0.2) is 0 Å². The summed E-state index contributed by atoms with van der Waals surface area (Å²) in [6.45, 7) is 7.17. The lowest BCUT2D eigenvalue weighted by atomic mass is 9.96. The molecule has 0 aliphatic carbocycles. The summed E-state index contributed by atoms with van der Waals surface area (Å²) < 4.78 is 10.1. The highest BCUT2D eigenvalue weighted by molar-refractivity contribution is 5.96. The summed E-state index contributed by atoms with van der Waals surface area (Å²) in [6, 6.07) is 4.30. The van der Waals surface area contributed by atoms with Gasteiger partial charge in [-0.15, -0.1) is 0 Å². The molecule has 2 rings (SSSR count). The zero-order chi connectivity index (χ0) is 26.0. The van der Waals surface area contributed by atoms with Crippen molar-refractivity contribution >= 4 is 29.3 Å². The van der Waals surface area contributed by atoms with Gasteiger partial charge in [0, 0.05) is 51.5 Å². The maximum absolute atomic E-state index is 13.0. The number of amides is 3. The van der Waals surface area contributed by atoms with Crippen LogP contribution in [-0.4, -0.2) is 79.8 Å². The van der Waals surface area contributed by atoms with Crippen LogP contribution in [0, 0.1) is 16.0 Å². The van der Waals surface area contributed by atoms with Gasteiger partial charge in [-0.2, -0.15) is 0 Å². The molecular formula is C23H35N5O7. The van der Waals surface area contributed by atoms with Gasteiger partial charge in [-0.3, -0.25) is 19.7 Å². The summed E-state index contributed by atoms with van der Waals surface area (Å²) in [6.07, 6.45) is 0.700. The lowest BCUT2D eigenvalue weighted by Crippen LogP contribution is -2.46. The number of nitrogens with one attached hydrogen (secondary N) is 3. The lowest BCUT2D eigenvalue weighted by molar-refractivity contribution is -0.384. The second-order valence-corrected chi connectivity index (χ2v) is 9.22. The first-order chi connectivity index (χ1) is 16.5. The molecule has 1 saturated heterocycles. The fourth-order valence-corrected chi connectivity index (χ4v) is 3.62. The van der Waals surface area contributed by atoms with Crippen molar-refractivity contribution in [3.8, 4) is 0 Å². The molecule has 1 fully saturated rings. The number of benzene rings is 1. The smallest absolute Gasteiger partial charge is 0.407 e. The highest BCUT2D eigenvalue weighted by Crippen LogP contribution is 2.27. The van der Waals surface area contributed by atoms with Gasteiger partial charge in [0.05, 0.1) is 17.4 Å². The number of nitro benzene ring substituents is 1. The Balaban J connectivity index is 1.92. The summed E-state index contributed by atoms with van der Waals surface area (Å²) in [5, 5.41) is 19.8. The van der Waals surface area contributed by atoms with Crippen LogP contribution in [0.3, 0.4) is 0 Å². The van der Waals surface area contributed by atoms with Gasteiger partial charge in [0.2, 0.25) is 5.91 Å². The fourth-order valence-electron chi connectivity index (χ4n) is 3.62. The van der Waals surface area contributed by atoms with Crippen molar-refractivity contribution in [1.29, 1.82) is 0 Å². The van der Waals surface area contributed by atoms with E-state index < -0.39 is 22.5 Å². The number of ether oxygens (including phenoxy) is 2. The molecule has 0 bridgehead atoms. The summed E-state index contributed by atoms with van der Waals surface area (Å²) in [7, 11) is 1.53. The summed E-state index contributed by atoms with van der Waals surface area (Å²) in [5.41, 5.74) is -0.306. The Morgan fingerprint density at radius 3 is 2.54 bits per heavy atom. The molecule has 0 saturated carbocycles. The number of nitro groups is 1. The second kappa shape index (κ2) is 12.9. The molecule has 12 heteroatoms. The van der Waals surface area contributed by atoms with E-state index in [1.165, 1.54) is 25.3 Å². The van der Waals surface area contributed by atoms with Crippen LogP contribution in [0.4, 0.5) is 16.2 Å². The van der Waals surface area contributed by atoms with E-state index in [4.69, 9.17) is 9.47 Å². The Bertz CT molecular complexity index is 916. The van der Waals surface area contributed by atoms with Crippen LogP contribution in [-0.2, 0) is 14.3 Å². The van der Waals surface area contributed by atoms with Gasteiger partial charge < -0.3 is 30.3 Å². The van der Waals surface area contributed by atoms with Crippen molar-refractivity contribution in [1.82, 2.24) is 15.5 Å². The third kappa shape index (κ3) is 9.04. The molecule has 35 heavy (non-hydrogen) atoms. The largest absolute Gasteiger partial charge is 0.444 e. The van der Waals surface area contributed by atoms with Gasteiger partial charge in [-0.25, -0.2) is 4.79 Å². The van der Waals surface area contributed by atoms with E-state index in [0.29, 0.717) is 38.2 Å². The van der Waals surface area contributed by atoms with Gasteiger partial charge in [-0.05, 0) is 45.7 Å². The predicted molar refractivity (Wildman–Crippen MR) is 129 cm³/mol. The normalized spacial score (nSPS) is 15.8. The van der Waals surface area contributed by atoms with Crippen LogP contribution < -0.4 is 16.0 Å². The summed E-state index contributed by atoms with van der Waals surface area (Å²) >= 11 is 0.